The minimum atomic E-state index is -0.601. The van der Waals surface area contributed by atoms with Gasteiger partial charge in [0.05, 0.1) is 12.1 Å². The van der Waals surface area contributed by atoms with Crippen molar-refractivity contribution in [1.82, 2.24) is 20.2 Å². The van der Waals surface area contributed by atoms with E-state index in [4.69, 9.17) is 5.73 Å². The number of thiazole rings is 1. The summed E-state index contributed by atoms with van der Waals surface area (Å²) in [5.41, 5.74) is 6.70. The summed E-state index contributed by atoms with van der Waals surface area (Å²) in [6.45, 7) is 0. The number of anilines is 1. The second-order valence-electron chi connectivity index (χ2n) is 4.46. The Kier molecular flexibility index (Phi) is 3.61. The van der Waals surface area contributed by atoms with Crippen LogP contribution in [0.15, 0.2) is 23.6 Å². The Bertz CT molecular complexity index is 768. The Balaban J connectivity index is 1.72. The molecular formula is C13H11F2N5S. The van der Waals surface area contributed by atoms with E-state index in [0.29, 0.717) is 28.8 Å². The average Bonchev–Trinajstić information content (AvgIpc) is 3.03. The summed E-state index contributed by atoms with van der Waals surface area (Å²) in [6, 6.07) is 3.46. The number of halogens is 2. The van der Waals surface area contributed by atoms with Gasteiger partial charge in [-0.05, 0) is 11.6 Å². The third kappa shape index (κ3) is 3.22. The van der Waals surface area contributed by atoms with Crippen LogP contribution in [0.3, 0.4) is 0 Å². The summed E-state index contributed by atoms with van der Waals surface area (Å²) >= 11 is 1.35. The molecule has 0 amide bonds. The molecule has 0 saturated heterocycles. The van der Waals surface area contributed by atoms with E-state index < -0.39 is 11.6 Å². The Labute approximate surface area is 122 Å². The lowest BCUT2D eigenvalue weighted by Gasteiger charge is -2.00. The highest BCUT2D eigenvalue weighted by Crippen LogP contribution is 2.15. The predicted molar refractivity (Wildman–Crippen MR) is 74.9 cm³/mol. The Hall–Kier alpha value is -2.35. The van der Waals surface area contributed by atoms with E-state index in [9.17, 15) is 8.78 Å². The normalized spacial score (nSPS) is 11.0. The number of rotatable bonds is 4. The van der Waals surface area contributed by atoms with Crippen LogP contribution in [0, 0.1) is 11.6 Å². The molecule has 0 fully saturated rings. The molecule has 0 saturated carbocycles. The Morgan fingerprint density at radius 1 is 1.19 bits per heavy atom. The van der Waals surface area contributed by atoms with E-state index in [1.807, 2.05) is 5.38 Å². The third-order valence-electron chi connectivity index (χ3n) is 2.86. The van der Waals surface area contributed by atoms with Crippen molar-refractivity contribution in [3.05, 3.63) is 58.1 Å². The van der Waals surface area contributed by atoms with Crippen LogP contribution in [0.2, 0.25) is 0 Å². The highest BCUT2D eigenvalue weighted by molar-refractivity contribution is 7.13. The van der Waals surface area contributed by atoms with Crippen LogP contribution in [0.1, 0.15) is 22.9 Å². The van der Waals surface area contributed by atoms with Gasteiger partial charge in [0.1, 0.15) is 17.5 Å². The molecule has 8 heteroatoms. The van der Waals surface area contributed by atoms with Gasteiger partial charge in [-0.1, -0.05) is 6.07 Å². The molecule has 108 valence electrons. The molecule has 0 radical (unpaired) electrons. The number of benzene rings is 1. The average molecular weight is 307 g/mol. The van der Waals surface area contributed by atoms with Crippen LogP contribution in [0.5, 0.6) is 0 Å². The summed E-state index contributed by atoms with van der Waals surface area (Å²) < 4.78 is 26.4. The van der Waals surface area contributed by atoms with Crippen LogP contribution in [-0.4, -0.2) is 20.2 Å². The summed E-state index contributed by atoms with van der Waals surface area (Å²) in [6.07, 6.45) is 0.675. The molecule has 0 unspecified atom stereocenters. The maximum absolute atomic E-state index is 13.6. The number of nitrogen functional groups attached to an aromatic ring is 1. The monoisotopic (exact) mass is 307 g/mol. The van der Waals surface area contributed by atoms with Gasteiger partial charge in [0.25, 0.3) is 0 Å². The zero-order valence-corrected chi connectivity index (χ0v) is 11.6. The van der Waals surface area contributed by atoms with Gasteiger partial charge in [0, 0.05) is 17.9 Å². The van der Waals surface area contributed by atoms with Gasteiger partial charge in [-0.25, -0.2) is 18.7 Å². The van der Waals surface area contributed by atoms with Crippen molar-refractivity contribution in [2.75, 3.05) is 5.73 Å². The van der Waals surface area contributed by atoms with Crippen LogP contribution in [0.25, 0.3) is 0 Å². The standard InChI is InChI=1S/C13H11F2N5S/c14-8-2-1-7(10(15)4-8)3-11-18-12(20-19-11)5-9-6-21-13(16)17-9/h1-2,4,6H,3,5H2,(H2,16,17)(H,18,19,20). The maximum Gasteiger partial charge on any atom is 0.180 e. The quantitative estimate of drug-likeness (QED) is 0.775. The van der Waals surface area contributed by atoms with Crippen molar-refractivity contribution in [3.8, 4) is 0 Å². The fourth-order valence-electron chi connectivity index (χ4n) is 1.90. The van der Waals surface area contributed by atoms with Crippen molar-refractivity contribution in [1.29, 1.82) is 0 Å². The van der Waals surface area contributed by atoms with Crippen molar-refractivity contribution in [2.45, 2.75) is 12.8 Å². The lowest BCUT2D eigenvalue weighted by atomic mass is 10.1. The van der Waals surface area contributed by atoms with Crippen LogP contribution in [-0.2, 0) is 12.8 Å². The predicted octanol–water partition coefficient (Wildman–Crippen LogP) is 2.30. The first-order valence-electron chi connectivity index (χ1n) is 6.14. The number of H-pyrrole nitrogens is 1. The fraction of sp³-hybridized carbons (Fsp3) is 0.154. The van der Waals surface area contributed by atoms with E-state index in [1.165, 1.54) is 23.5 Å². The van der Waals surface area contributed by atoms with E-state index >= 15 is 0 Å². The van der Waals surface area contributed by atoms with Gasteiger partial charge in [-0.15, -0.1) is 11.3 Å². The van der Waals surface area contributed by atoms with Gasteiger partial charge in [0.15, 0.2) is 11.0 Å². The zero-order chi connectivity index (χ0) is 14.8. The van der Waals surface area contributed by atoms with Crippen LogP contribution < -0.4 is 5.73 Å². The molecule has 3 N–H and O–H groups in total. The van der Waals surface area contributed by atoms with Gasteiger partial charge in [-0.2, -0.15) is 5.10 Å². The molecule has 0 bridgehead atoms. The molecule has 0 atom stereocenters. The van der Waals surface area contributed by atoms with Crippen molar-refractivity contribution < 1.29 is 8.78 Å². The molecule has 3 aromatic rings. The lowest BCUT2D eigenvalue weighted by molar-refractivity contribution is 0.573. The summed E-state index contributed by atoms with van der Waals surface area (Å²) in [7, 11) is 0. The molecular weight excluding hydrogens is 296 g/mol. The molecule has 1 aromatic carbocycles. The summed E-state index contributed by atoms with van der Waals surface area (Å²) in [5, 5.41) is 9.13. The second-order valence-corrected chi connectivity index (χ2v) is 5.35. The zero-order valence-electron chi connectivity index (χ0n) is 10.8. The summed E-state index contributed by atoms with van der Waals surface area (Å²) in [5.74, 6) is -0.132. The van der Waals surface area contributed by atoms with Crippen LogP contribution >= 0.6 is 11.3 Å². The third-order valence-corrected chi connectivity index (χ3v) is 3.58. The Morgan fingerprint density at radius 3 is 2.76 bits per heavy atom. The van der Waals surface area contributed by atoms with Crippen molar-refractivity contribution in [2.24, 2.45) is 0 Å². The highest BCUT2D eigenvalue weighted by atomic mass is 32.1. The van der Waals surface area contributed by atoms with Gasteiger partial charge in [0.2, 0.25) is 0 Å². The van der Waals surface area contributed by atoms with Crippen molar-refractivity contribution in [3.63, 3.8) is 0 Å². The smallest absolute Gasteiger partial charge is 0.180 e. The number of aromatic nitrogens is 4. The first kappa shape index (κ1) is 13.6. The lowest BCUT2D eigenvalue weighted by Crippen LogP contribution is -1.96. The fourth-order valence-corrected chi connectivity index (χ4v) is 2.47. The maximum atomic E-state index is 13.6. The number of hydrogen-bond acceptors (Lipinski definition) is 5. The number of nitrogens with zero attached hydrogens (tertiary/aromatic N) is 3. The van der Waals surface area contributed by atoms with Gasteiger partial charge in [-0.3, -0.25) is 5.10 Å². The molecule has 0 spiro atoms. The SMILES string of the molecule is Nc1nc(Cc2n[nH]c(Cc3ccc(F)cc3F)n2)cs1. The molecule has 2 heterocycles. The van der Waals surface area contributed by atoms with E-state index in [-0.39, 0.29) is 6.42 Å². The second kappa shape index (κ2) is 5.57. The molecule has 0 aliphatic heterocycles. The Morgan fingerprint density at radius 2 is 2.05 bits per heavy atom. The first-order chi connectivity index (χ1) is 10.1. The molecule has 5 nitrogen and oxygen atoms in total. The first-order valence-corrected chi connectivity index (χ1v) is 7.02. The molecule has 21 heavy (non-hydrogen) atoms. The van der Waals surface area contributed by atoms with Crippen LogP contribution in [0.4, 0.5) is 13.9 Å². The summed E-state index contributed by atoms with van der Waals surface area (Å²) in [4.78, 5) is 8.39. The van der Waals surface area contributed by atoms with Crippen molar-refractivity contribution >= 4 is 16.5 Å². The molecule has 0 aliphatic rings. The molecule has 0 aliphatic carbocycles. The molecule has 2 aromatic heterocycles. The topological polar surface area (TPSA) is 80.5 Å². The van der Waals surface area contributed by atoms with E-state index in [0.717, 1.165) is 11.8 Å². The number of aromatic amines is 1. The minimum Gasteiger partial charge on any atom is -0.375 e. The number of nitrogens with two attached hydrogens (primary N) is 1. The highest BCUT2D eigenvalue weighted by Gasteiger charge is 2.10. The van der Waals surface area contributed by atoms with Gasteiger partial charge >= 0.3 is 0 Å². The number of hydrogen-bond donors (Lipinski definition) is 2. The largest absolute Gasteiger partial charge is 0.375 e. The van der Waals surface area contributed by atoms with E-state index in [1.54, 1.807) is 0 Å². The minimum absolute atomic E-state index is 0.221. The van der Waals surface area contributed by atoms with Gasteiger partial charge < -0.3 is 5.73 Å². The molecule has 3 rings (SSSR count). The van der Waals surface area contributed by atoms with E-state index in [2.05, 4.69) is 20.2 Å². The number of nitrogens with one attached hydrogen (secondary N) is 1.